The normalized spacial score (nSPS) is 12.9. The van der Waals surface area contributed by atoms with E-state index in [-0.39, 0.29) is 5.78 Å². The van der Waals surface area contributed by atoms with Crippen LogP contribution in [0.2, 0.25) is 0 Å². The van der Waals surface area contributed by atoms with Gasteiger partial charge in [-0.3, -0.25) is 4.79 Å². The Hall–Kier alpha value is -1.85. The maximum Gasteiger partial charge on any atom is 0.408 e. The fraction of sp³-hybridized carbons (Fsp3) is 0.583. The summed E-state index contributed by atoms with van der Waals surface area (Å²) in [5.74, 6) is -0.208. The van der Waals surface area contributed by atoms with E-state index >= 15 is 0 Å². The van der Waals surface area contributed by atoms with Gasteiger partial charge in [0.2, 0.25) is 5.78 Å². The number of nitrogens with zero attached hydrogens (tertiary/aromatic N) is 2. The predicted octanol–water partition coefficient (Wildman–Crippen LogP) is 1.52. The molecule has 0 aromatic carbocycles. The average Bonchev–Trinajstić information content (AvgIpc) is 2.60. The molecular formula is C12H19N3O3. The van der Waals surface area contributed by atoms with Crippen LogP contribution < -0.4 is 5.32 Å². The number of hydrogen-bond donors (Lipinski definition) is 1. The van der Waals surface area contributed by atoms with E-state index in [2.05, 4.69) is 10.3 Å². The fourth-order valence-corrected chi connectivity index (χ4v) is 1.37. The second-order valence-electron chi connectivity index (χ2n) is 5.12. The van der Waals surface area contributed by atoms with Crippen molar-refractivity contribution in [2.24, 2.45) is 7.05 Å². The zero-order valence-electron chi connectivity index (χ0n) is 11.4. The molecule has 0 unspecified atom stereocenters. The van der Waals surface area contributed by atoms with Gasteiger partial charge in [-0.05, 0) is 27.7 Å². The molecule has 6 nitrogen and oxygen atoms in total. The Labute approximate surface area is 106 Å². The molecule has 0 bridgehead atoms. The molecular weight excluding hydrogens is 234 g/mol. The zero-order chi connectivity index (χ0) is 13.9. The molecule has 1 amide bonds. The Balaban J connectivity index is 2.61. The van der Waals surface area contributed by atoms with E-state index in [0.717, 1.165) is 0 Å². The maximum atomic E-state index is 12.0. The van der Waals surface area contributed by atoms with Gasteiger partial charge in [-0.25, -0.2) is 9.78 Å². The highest BCUT2D eigenvalue weighted by molar-refractivity contribution is 5.99. The van der Waals surface area contributed by atoms with E-state index in [9.17, 15) is 9.59 Å². The summed E-state index contributed by atoms with van der Waals surface area (Å²) in [5.41, 5.74) is -0.141. The van der Waals surface area contributed by atoms with Gasteiger partial charge >= 0.3 is 6.09 Å². The lowest BCUT2D eigenvalue weighted by atomic mass is 10.1. The van der Waals surface area contributed by atoms with Gasteiger partial charge in [-0.15, -0.1) is 0 Å². The molecule has 1 N–H and O–H groups in total. The Bertz CT molecular complexity index is 446. The second-order valence-corrected chi connectivity index (χ2v) is 5.12. The molecule has 6 heteroatoms. The van der Waals surface area contributed by atoms with Gasteiger partial charge in [0, 0.05) is 7.05 Å². The van der Waals surface area contributed by atoms with E-state index in [1.54, 1.807) is 39.3 Å². The number of carbonyl (C=O) groups is 2. The summed E-state index contributed by atoms with van der Waals surface area (Å²) < 4.78 is 6.69. The summed E-state index contributed by atoms with van der Waals surface area (Å²) in [5, 5.41) is 2.50. The van der Waals surface area contributed by atoms with Crippen molar-refractivity contribution in [2.75, 3.05) is 0 Å². The van der Waals surface area contributed by atoms with Crippen LogP contribution in [0.4, 0.5) is 4.79 Å². The maximum absolute atomic E-state index is 12.0. The molecule has 0 aliphatic carbocycles. The first-order chi connectivity index (χ1) is 8.20. The van der Waals surface area contributed by atoms with Gasteiger partial charge < -0.3 is 14.6 Å². The van der Waals surface area contributed by atoms with Crippen molar-refractivity contribution in [1.29, 1.82) is 0 Å². The first kappa shape index (κ1) is 14.2. The molecule has 0 saturated carbocycles. The number of amides is 1. The van der Waals surface area contributed by atoms with Crippen LogP contribution in [0.1, 0.15) is 38.2 Å². The largest absolute Gasteiger partial charge is 0.444 e. The molecule has 0 aliphatic rings. The highest BCUT2D eigenvalue weighted by atomic mass is 16.6. The first-order valence-corrected chi connectivity index (χ1v) is 5.71. The third-order valence-corrected chi connectivity index (χ3v) is 2.20. The van der Waals surface area contributed by atoms with Crippen molar-refractivity contribution >= 4 is 11.9 Å². The Morgan fingerprint density at radius 3 is 2.50 bits per heavy atom. The monoisotopic (exact) mass is 253 g/mol. The van der Waals surface area contributed by atoms with Crippen LogP contribution in [0, 0.1) is 0 Å². The highest BCUT2D eigenvalue weighted by Gasteiger charge is 2.23. The van der Waals surface area contributed by atoms with Crippen molar-refractivity contribution < 1.29 is 14.3 Å². The minimum Gasteiger partial charge on any atom is -0.444 e. The number of rotatable bonds is 3. The van der Waals surface area contributed by atoms with Crippen LogP contribution in [-0.4, -0.2) is 33.1 Å². The van der Waals surface area contributed by atoms with E-state index in [1.807, 2.05) is 0 Å². The predicted molar refractivity (Wildman–Crippen MR) is 66.4 cm³/mol. The van der Waals surface area contributed by atoms with Gasteiger partial charge in [-0.2, -0.15) is 0 Å². The molecule has 100 valence electrons. The van der Waals surface area contributed by atoms with Crippen LogP contribution in [0.15, 0.2) is 12.5 Å². The molecule has 1 aromatic rings. The molecule has 1 heterocycles. The topological polar surface area (TPSA) is 73.2 Å². The summed E-state index contributed by atoms with van der Waals surface area (Å²) >= 11 is 0. The number of hydrogen-bond acceptors (Lipinski definition) is 4. The zero-order valence-corrected chi connectivity index (χ0v) is 11.4. The molecule has 0 radical (unpaired) electrons. The van der Waals surface area contributed by atoms with Crippen molar-refractivity contribution in [2.45, 2.75) is 39.3 Å². The van der Waals surface area contributed by atoms with Crippen molar-refractivity contribution in [3.8, 4) is 0 Å². The highest BCUT2D eigenvalue weighted by Crippen LogP contribution is 2.08. The summed E-state index contributed by atoms with van der Waals surface area (Å²) in [6.45, 7) is 6.90. The van der Waals surface area contributed by atoms with Crippen LogP contribution in [0.25, 0.3) is 0 Å². The minimum atomic E-state index is -0.657. The average molecular weight is 253 g/mol. The van der Waals surface area contributed by atoms with Crippen LogP contribution >= 0.6 is 0 Å². The van der Waals surface area contributed by atoms with Gasteiger partial charge in [0.15, 0.2) is 0 Å². The Morgan fingerprint density at radius 2 is 2.06 bits per heavy atom. The Kier molecular flexibility index (Phi) is 4.11. The SMILES string of the molecule is C[C@@H](NC(=O)OC(C)(C)C)C(=O)c1cncn1C. The Morgan fingerprint density at radius 1 is 1.44 bits per heavy atom. The van der Waals surface area contributed by atoms with Crippen molar-refractivity contribution in [1.82, 2.24) is 14.9 Å². The number of Topliss-reactive ketones (excluding diaryl/α,β-unsaturated/α-hetero) is 1. The molecule has 1 aromatic heterocycles. The smallest absolute Gasteiger partial charge is 0.408 e. The minimum absolute atomic E-state index is 0.208. The van der Waals surface area contributed by atoms with Gasteiger partial charge in [0.05, 0.1) is 18.6 Å². The summed E-state index contributed by atoms with van der Waals surface area (Å²) in [4.78, 5) is 27.4. The molecule has 0 saturated heterocycles. The number of ketones is 1. The van der Waals surface area contributed by atoms with E-state index in [1.165, 1.54) is 12.5 Å². The number of ether oxygens (including phenoxy) is 1. The lowest BCUT2D eigenvalue weighted by molar-refractivity contribution is 0.0496. The van der Waals surface area contributed by atoms with Gasteiger partial charge in [0.1, 0.15) is 11.3 Å². The van der Waals surface area contributed by atoms with Crippen LogP contribution in [-0.2, 0) is 11.8 Å². The lowest BCUT2D eigenvalue weighted by Gasteiger charge is -2.21. The van der Waals surface area contributed by atoms with Crippen LogP contribution in [0.3, 0.4) is 0 Å². The molecule has 1 atom stereocenters. The fourth-order valence-electron chi connectivity index (χ4n) is 1.37. The second kappa shape index (κ2) is 5.20. The standard InChI is InChI=1S/C12H19N3O3/c1-8(14-11(17)18-12(2,3)4)10(16)9-6-13-7-15(9)5/h6-8H,1-5H3,(H,14,17)/t8-/m1/s1. The van der Waals surface area contributed by atoms with Crippen LogP contribution in [0.5, 0.6) is 0 Å². The van der Waals surface area contributed by atoms with Crippen molar-refractivity contribution in [3.05, 3.63) is 18.2 Å². The van der Waals surface area contributed by atoms with E-state index in [0.29, 0.717) is 5.69 Å². The quantitative estimate of drug-likeness (QED) is 0.829. The van der Waals surface area contributed by atoms with Gasteiger partial charge in [0.25, 0.3) is 0 Å². The third-order valence-electron chi connectivity index (χ3n) is 2.20. The molecule has 0 spiro atoms. The number of imidazole rings is 1. The number of nitrogens with one attached hydrogen (secondary N) is 1. The van der Waals surface area contributed by atoms with E-state index < -0.39 is 17.7 Å². The molecule has 18 heavy (non-hydrogen) atoms. The summed E-state index contributed by atoms with van der Waals surface area (Å²) in [7, 11) is 1.72. The van der Waals surface area contributed by atoms with Gasteiger partial charge in [-0.1, -0.05) is 0 Å². The molecule has 0 fully saturated rings. The van der Waals surface area contributed by atoms with Crippen molar-refractivity contribution in [3.63, 3.8) is 0 Å². The molecule has 1 rings (SSSR count). The lowest BCUT2D eigenvalue weighted by Crippen LogP contribution is -2.42. The number of alkyl carbamates (subject to hydrolysis) is 1. The number of aryl methyl sites for hydroxylation is 1. The van der Waals surface area contributed by atoms with E-state index in [4.69, 9.17) is 4.74 Å². The molecule has 0 aliphatic heterocycles. The number of carbonyl (C=O) groups excluding carboxylic acids is 2. The third kappa shape index (κ3) is 3.87. The summed E-state index contributed by atoms with van der Waals surface area (Å²) in [6, 6.07) is -0.657. The first-order valence-electron chi connectivity index (χ1n) is 5.71. The number of aromatic nitrogens is 2. The summed E-state index contributed by atoms with van der Waals surface area (Å²) in [6.07, 6.45) is 2.40.